The normalized spacial score (nSPS) is 11.0. The number of carbonyl (C=O) groups is 1. The Morgan fingerprint density at radius 1 is 1.15 bits per heavy atom. The van der Waals surface area contributed by atoms with E-state index in [4.69, 9.17) is 4.74 Å². The van der Waals surface area contributed by atoms with Crippen molar-refractivity contribution < 1.29 is 9.53 Å². The van der Waals surface area contributed by atoms with Crippen LogP contribution >= 0.6 is 0 Å². The van der Waals surface area contributed by atoms with E-state index < -0.39 is 0 Å². The van der Waals surface area contributed by atoms with Crippen molar-refractivity contribution in [2.75, 3.05) is 13.7 Å². The van der Waals surface area contributed by atoms with Crippen molar-refractivity contribution in [3.63, 3.8) is 0 Å². The van der Waals surface area contributed by atoms with Crippen molar-refractivity contribution in [1.82, 2.24) is 14.9 Å². The molecular formula is C22H21N3O2. The molecule has 0 atom stereocenters. The van der Waals surface area contributed by atoms with Crippen LogP contribution in [0.5, 0.6) is 5.75 Å². The van der Waals surface area contributed by atoms with Crippen molar-refractivity contribution in [2.24, 2.45) is 0 Å². The molecule has 0 spiro atoms. The van der Waals surface area contributed by atoms with Gasteiger partial charge in [0.2, 0.25) is 0 Å². The molecule has 2 heterocycles. The molecule has 0 fully saturated rings. The fourth-order valence-corrected chi connectivity index (χ4v) is 3.32. The molecule has 1 amide bonds. The summed E-state index contributed by atoms with van der Waals surface area (Å²) in [5.41, 5.74) is 3.50. The number of hydrogen-bond acceptors (Lipinski definition) is 3. The summed E-state index contributed by atoms with van der Waals surface area (Å²) in [6.45, 7) is 3.08. The van der Waals surface area contributed by atoms with Crippen LogP contribution in [0.25, 0.3) is 21.8 Å². The minimum absolute atomic E-state index is 0.0509. The molecule has 0 unspecified atom stereocenters. The number of H-pyrrole nitrogens is 1. The highest BCUT2D eigenvalue weighted by molar-refractivity contribution is 5.98. The van der Waals surface area contributed by atoms with Gasteiger partial charge in [0, 0.05) is 36.1 Å². The lowest BCUT2D eigenvalue weighted by atomic mass is 10.1. The summed E-state index contributed by atoms with van der Waals surface area (Å²) in [5.74, 6) is 0.754. The number of amides is 1. The Hall–Kier alpha value is -3.34. The largest absolute Gasteiger partial charge is 0.494 e. The van der Waals surface area contributed by atoms with Gasteiger partial charge in [0.05, 0.1) is 12.1 Å². The third-order valence-corrected chi connectivity index (χ3v) is 4.62. The number of pyridine rings is 1. The summed E-state index contributed by atoms with van der Waals surface area (Å²) < 4.78 is 5.54. The molecule has 0 saturated carbocycles. The molecule has 4 rings (SSSR count). The van der Waals surface area contributed by atoms with Gasteiger partial charge in [-0.2, -0.15) is 0 Å². The molecule has 4 aromatic rings. The topological polar surface area (TPSA) is 58.2 Å². The molecular weight excluding hydrogens is 338 g/mol. The van der Waals surface area contributed by atoms with Gasteiger partial charge in [-0.25, -0.2) is 0 Å². The number of aromatic nitrogens is 2. The third kappa shape index (κ3) is 3.36. The summed E-state index contributed by atoms with van der Waals surface area (Å²) in [5, 5.41) is 2.03. The first-order valence-corrected chi connectivity index (χ1v) is 8.99. The molecule has 0 aliphatic heterocycles. The van der Waals surface area contributed by atoms with Crippen molar-refractivity contribution in [3.8, 4) is 5.75 Å². The Morgan fingerprint density at radius 2 is 2.04 bits per heavy atom. The molecule has 0 saturated heterocycles. The number of fused-ring (bicyclic) bond motifs is 2. The molecule has 0 bridgehead atoms. The Kier molecular flexibility index (Phi) is 4.50. The van der Waals surface area contributed by atoms with Crippen molar-refractivity contribution >= 4 is 27.7 Å². The number of carbonyl (C=O) groups excluding carboxylic acids is 1. The van der Waals surface area contributed by atoms with Gasteiger partial charge in [-0.05, 0) is 48.9 Å². The van der Waals surface area contributed by atoms with Crippen LogP contribution in [0.15, 0.2) is 60.8 Å². The molecule has 5 nitrogen and oxygen atoms in total. The van der Waals surface area contributed by atoms with Gasteiger partial charge < -0.3 is 14.6 Å². The van der Waals surface area contributed by atoms with Crippen LogP contribution in [-0.2, 0) is 6.54 Å². The van der Waals surface area contributed by atoms with Gasteiger partial charge in [0.25, 0.3) is 5.91 Å². The number of hydrogen-bond donors (Lipinski definition) is 1. The second-order valence-corrected chi connectivity index (χ2v) is 6.51. The van der Waals surface area contributed by atoms with Crippen molar-refractivity contribution in [2.45, 2.75) is 13.5 Å². The Morgan fingerprint density at radius 3 is 2.89 bits per heavy atom. The van der Waals surface area contributed by atoms with E-state index in [0.717, 1.165) is 33.1 Å². The quantitative estimate of drug-likeness (QED) is 0.575. The highest BCUT2D eigenvalue weighted by Crippen LogP contribution is 2.23. The average molecular weight is 359 g/mol. The monoisotopic (exact) mass is 359 g/mol. The van der Waals surface area contributed by atoms with Crippen molar-refractivity contribution in [3.05, 3.63) is 72.1 Å². The van der Waals surface area contributed by atoms with Gasteiger partial charge in [0.1, 0.15) is 11.4 Å². The number of nitrogens with one attached hydrogen (secondary N) is 1. The maximum atomic E-state index is 12.9. The molecule has 136 valence electrons. The molecule has 5 heteroatoms. The van der Waals surface area contributed by atoms with Gasteiger partial charge >= 0.3 is 0 Å². The van der Waals surface area contributed by atoms with Crippen LogP contribution in [0.3, 0.4) is 0 Å². The summed E-state index contributed by atoms with van der Waals surface area (Å²) in [6.07, 6.45) is 1.78. The van der Waals surface area contributed by atoms with E-state index in [1.165, 1.54) is 0 Å². The van der Waals surface area contributed by atoms with E-state index in [0.29, 0.717) is 18.8 Å². The molecule has 0 aliphatic rings. The molecule has 2 aromatic heterocycles. The van der Waals surface area contributed by atoms with E-state index in [9.17, 15) is 4.79 Å². The first kappa shape index (κ1) is 17.1. The Bertz CT molecular complexity index is 1110. The minimum atomic E-state index is -0.0509. The van der Waals surface area contributed by atoms with Crippen LogP contribution in [0, 0.1) is 0 Å². The van der Waals surface area contributed by atoms with Gasteiger partial charge in [-0.3, -0.25) is 9.78 Å². The molecule has 0 radical (unpaired) electrons. The van der Waals surface area contributed by atoms with Crippen LogP contribution in [0.4, 0.5) is 0 Å². The number of aromatic amines is 1. The van der Waals surface area contributed by atoms with Gasteiger partial charge in [-0.15, -0.1) is 0 Å². The number of nitrogens with zero attached hydrogens (tertiary/aromatic N) is 2. The second kappa shape index (κ2) is 7.11. The summed E-state index contributed by atoms with van der Waals surface area (Å²) >= 11 is 0. The standard InChI is InChI=1S/C22H21N3O2/c1-3-27-17-9-10-19-16(12-17)13-21(24-19)22(26)25(2)14-15-6-4-8-20-18(15)7-5-11-23-20/h4-13,24H,3,14H2,1-2H3. The highest BCUT2D eigenvalue weighted by atomic mass is 16.5. The van der Waals surface area contributed by atoms with E-state index in [2.05, 4.69) is 9.97 Å². The molecule has 0 aliphatic carbocycles. The minimum Gasteiger partial charge on any atom is -0.494 e. The van der Waals surface area contributed by atoms with Crippen molar-refractivity contribution in [1.29, 1.82) is 0 Å². The SMILES string of the molecule is CCOc1ccc2[nH]c(C(=O)N(C)Cc3cccc4ncccc34)cc2c1. The number of benzene rings is 2. The number of rotatable bonds is 5. The average Bonchev–Trinajstić information content (AvgIpc) is 3.11. The Balaban J connectivity index is 1.59. The predicted octanol–water partition coefficient (Wildman–Crippen LogP) is 4.39. The fourth-order valence-electron chi connectivity index (χ4n) is 3.32. The molecule has 2 aromatic carbocycles. The van der Waals surface area contributed by atoms with E-state index in [-0.39, 0.29) is 5.91 Å². The Labute approximate surface area is 157 Å². The summed E-state index contributed by atoms with van der Waals surface area (Å²) in [4.78, 5) is 22.2. The molecule has 1 N–H and O–H groups in total. The lowest BCUT2D eigenvalue weighted by molar-refractivity contribution is 0.0781. The predicted molar refractivity (Wildman–Crippen MR) is 107 cm³/mol. The maximum Gasteiger partial charge on any atom is 0.270 e. The first-order valence-electron chi connectivity index (χ1n) is 8.99. The lowest BCUT2D eigenvalue weighted by Crippen LogP contribution is -2.26. The van der Waals surface area contributed by atoms with Crippen LogP contribution in [-0.4, -0.2) is 34.4 Å². The first-order chi connectivity index (χ1) is 13.2. The van der Waals surface area contributed by atoms with Crippen LogP contribution in [0.2, 0.25) is 0 Å². The highest BCUT2D eigenvalue weighted by Gasteiger charge is 2.16. The van der Waals surface area contributed by atoms with E-state index in [1.54, 1.807) is 11.1 Å². The smallest absolute Gasteiger partial charge is 0.270 e. The summed E-state index contributed by atoms with van der Waals surface area (Å²) in [7, 11) is 1.81. The zero-order valence-electron chi connectivity index (χ0n) is 15.4. The zero-order chi connectivity index (χ0) is 18.8. The van der Waals surface area contributed by atoms with Crippen LogP contribution < -0.4 is 4.74 Å². The summed E-state index contributed by atoms with van der Waals surface area (Å²) in [6, 6.07) is 17.6. The van der Waals surface area contributed by atoms with Gasteiger partial charge in [-0.1, -0.05) is 18.2 Å². The molecule has 27 heavy (non-hydrogen) atoms. The zero-order valence-corrected chi connectivity index (χ0v) is 15.4. The second-order valence-electron chi connectivity index (χ2n) is 6.51. The third-order valence-electron chi connectivity index (χ3n) is 4.62. The van der Waals surface area contributed by atoms with E-state index in [1.807, 2.05) is 68.6 Å². The van der Waals surface area contributed by atoms with Gasteiger partial charge in [0.15, 0.2) is 0 Å². The van der Waals surface area contributed by atoms with Crippen LogP contribution in [0.1, 0.15) is 23.0 Å². The van der Waals surface area contributed by atoms with E-state index >= 15 is 0 Å². The fraction of sp³-hybridized carbons (Fsp3) is 0.182. The number of ether oxygens (including phenoxy) is 1. The maximum absolute atomic E-state index is 12.9. The lowest BCUT2D eigenvalue weighted by Gasteiger charge is -2.17.